The Morgan fingerprint density at radius 3 is 2.67 bits per heavy atom. The topological polar surface area (TPSA) is 54.2 Å². The number of rotatable bonds is 7. The Bertz CT molecular complexity index is 579. The summed E-state index contributed by atoms with van der Waals surface area (Å²) < 4.78 is 5.65. The van der Waals surface area contributed by atoms with E-state index in [1.807, 2.05) is 26.1 Å². The molecule has 0 unspecified atom stereocenters. The summed E-state index contributed by atoms with van der Waals surface area (Å²) >= 11 is 0. The molecule has 0 aliphatic carbocycles. The lowest BCUT2D eigenvalue weighted by Crippen LogP contribution is -2.20. The zero-order valence-electron chi connectivity index (χ0n) is 13.3. The van der Waals surface area contributed by atoms with E-state index in [9.17, 15) is 0 Å². The first-order chi connectivity index (χ1) is 10.2. The van der Waals surface area contributed by atoms with E-state index in [0.29, 0.717) is 6.54 Å². The number of hydrogen-bond donors (Lipinski definition) is 1. The Labute approximate surface area is 126 Å². The summed E-state index contributed by atoms with van der Waals surface area (Å²) in [6.07, 6.45) is 3.64. The van der Waals surface area contributed by atoms with Crippen LogP contribution < -0.4 is 10.2 Å². The minimum Gasteiger partial charge on any atom is -0.464 e. The van der Waals surface area contributed by atoms with Gasteiger partial charge in [-0.3, -0.25) is 0 Å². The SMILES string of the molecule is CCCc1c(NCC)ncnc1N(C)Cc1ccc(C)o1. The monoisotopic (exact) mass is 288 g/mol. The van der Waals surface area contributed by atoms with Gasteiger partial charge in [0.1, 0.15) is 29.5 Å². The van der Waals surface area contributed by atoms with Crippen molar-refractivity contribution in [3.63, 3.8) is 0 Å². The Hall–Kier alpha value is -2.04. The predicted octanol–water partition coefficient (Wildman–Crippen LogP) is 3.40. The molecule has 2 heterocycles. The third-order valence-corrected chi connectivity index (χ3v) is 3.32. The van der Waals surface area contributed by atoms with Crippen LogP contribution in [0, 0.1) is 6.92 Å². The first-order valence-corrected chi connectivity index (χ1v) is 7.49. The van der Waals surface area contributed by atoms with Crippen molar-refractivity contribution in [1.29, 1.82) is 0 Å². The summed E-state index contributed by atoms with van der Waals surface area (Å²) in [6, 6.07) is 4.00. The largest absolute Gasteiger partial charge is 0.464 e. The van der Waals surface area contributed by atoms with Gasteiger partial charge in [0, 0.05) is 19.2 Å². The molecule has 5 nitrogen and oxygen atoms in total. The fraction of sp³-hybridized carbons (Fsp3) is 0.500. The van der Waals surface area contributed by atoms with Crippen molar-refractivity contribution < 1.29 is 4.42 Å². The van der Waals surface area contributed by atoms with Crippen molar-refractivity contribution in [2.24, 2.45) is 0 Å². The van der Waals surface area contributed by atoms with Crippen LogP contribution in [0.2, 0.25) is 0 Å². The average Bonchev–Trinajstić information content (AvgIpc) is 2.86. The highest BCUT2D eigenvalue weighted by Crippen LogP contribution is 2.25. The number of hydrogen-bond acceptors (Lipinski definition) is 5. The molecular formula is C16H24N4O. The Balaban J connectivity index is 2.26. The van der Waals surface area contributed by atoms with Crippen molar-refractivity contribution >= 4 is 11.6 Å². The zero-order valence-corrected chi connectivity index (χ0v) is 13.3. The van der Waals surface area contributed by atoms with Crippen molar-refractivity contribution in [3.8, 4) is 0 Å². The van der Waals surface area contributed by atoms with Crippen LogP contribution in [0.4, 0.5) is 11.6 Å². The second-order valence-electron chi connectivity index (χ2n) is 5.17. The van der Waals surface area contributed by atoms with Crippen LogP contribution in [-0.2, 0) is 13.0 Å². The minimum absolute atomic E-state index is 0.702. The fourth-order valence-electron chi connectivity index (χ4n) is 2.41. The molecule has 0 atom stereocenters. The van der Waals surface area contributed by atoms with Crippen LogP contribution in [0.15, 0.2) is 22.9 Å². The van der Waals surface area contributed by atoms with E-state index in [-0.39, 0.29) is 0 Å². The van der Waals surface area contributed by atoms with Crippen molar-refractivity contribution in [3.05, 3.63) is 35.5 Å². The molecule has 0 radical (unpaired) electrons. The van der Waals surface area contributed by atoms with Gasteiger partial charge < -0.3 is 14.6 Å². The highest BCUT2D eigenvalue weighted by atomic mass is 16.3. The summed E-state index contributed by atoms with van der Waals surface area (Å²) in [7, 11) is 2.04. The van der Waals surface area contributed by atoms with Gasteiger partial charge in [-0.25, -0.2) is 9.97 Å². The van der Waals surface area contributed by atoms with Gasteiger partial charge in [0.05, 0.1) is 6.54 Å². The molecule has 5 heteroatoms. The molecule has 0 aliphatic heterocycles. The van der Waals surface area contributed by atoms with Crippen molar-refractivity contribution in [2.75, 3.05) is 23.8 Å². The molecule has 0 spiro atoms. The molecule has 0 aromatic carbocycles. The van der Waals surface area contributed by atoms with Gasteiger partial charge in [-0.15, -0.1) is 0 Å². The maximum Gasteiger partial charge on any atom is 0.137 e. The highest BCUT2D eigenvalue weighted by molar-refractivity contribution is 5.58. The third-order valence-electron chi connectivity index (χ3n) is 3.32. The Morgan fingerprint density at radius 2 is 2.05 bits per heavy atom. The summed E-state index contributed by atoms with van der Waals surface area (Å²) in [6.45, 7) is 7.76. The number of nitrogens with one attached hydrogen (secondary N) is 1. The molecule has 0 aliphatic rings. The number of aryl methyl sites for hydroxylation is 1. The van der Waals surface area contributed by atoms with E-state index in [1.54, 1.807) is 6.33 Å². The highest BCUT2D eigenvalue weighted by Gasteiger charge is 2.15. The maximum atomic E-state index is 5.65. The number of aromatic nitrogens is 2. The van der Waals surface area contributed by atoms with E-state index >= 15 is 0 Å². The van der Waals surface area contributed by atoms with Gasteiger partial charge in [-0.05, 0) is 32.4 Å². The molecule has 0 fully saturated rings. The van der Waals surface area contributed by atoms with E-state index in [4.69, 9.17) is 4.42 Å². The van der Waals surface area contributed by atoms with Crippen LogP contribution in [0.25, 0.3) is 0 Å². The van der Waals surface area contributed by atoms with Gasteiger partial charge in [0.15, 0.2) is 0 Å². The molecule has 114 valence electrons. The average molecular weight is 288 g/mol. The fourth-order valence-corrected chi connectivity index (χ4v) is 2.41. The molecule has 2 rings (SSSR count). The first-order valence-electron chi connectivity index (χ1n) is 7.49. The van der Waals surface area contributed by atoms with E-state index < -0.39 is 0 Å². The van der Waals surface area contributed by atoms with Crippen LogP contribution >= 0.6 is 0 Å². The predicted molar refractivity (Wildman–Crippen MR) is 85.7 cm³/mol. The normalized spacial score (nSPS) is 10.7. The standard InChI is InChI=1S/C16H24N4O/c1-5-7-14-15(17-6-2)18-11-19-16(14)20(4)10-13-9-8-12(3)21-13/h8-9,11H,5-7,10H2,1-4H3,(H,17,18,19). The number of nitrogens with zero attached hydrogens (tertiary/aromatic N) is 3. The van der Waals surface area contributed by atoms with Crippen LogP contribution in [-0.4, -0.2) is 23.6 Å². The Morgan fingerprint density at radius 1 is 1.24 bits per heavy atom. The van der Waals surface area contributed by atoms with E-state index in [2.05, 4.69) is 34.0 Å². The van der Waals surface area contributed by atoms with Crippen LogP contribution in [0.1, 0.15) is 37.4 Å². The molecule has 2 aromatic rings. The Kier molecular flexibility index (Phi) is 5.20. The second-order valence-corrected chi connectivity index (χ2v) is 5.17. The van der Waals surface area contributed by atoms with E-state index in [1.165, 1.54) is 5.56 Å². The minimum atomic E-state index is 0.702. The third kappa shape index (κ3) is 3.74. The molecule has 21 heavy (non-hydrogen) atoms. The number of anilines is 2. The quantitative estimate of drug-likeness (QED) is 0.846. The zero-order chi connectivity index (χ0) is 15.2. The smallest absolute Gasteiger partial charge is 0.137 e. The summed E-state index contributed by atoms with van der Waals surface area (Å²) in [5.74, 6) is 3.79. The lowest BCUT2D eigenvalue weighted by molar-refractivity contribution is 0.481. The molecule has 0 saturated heterocycles. The van der Waals surface area contributed by atoms with Gasteiger partial charge in [0.2, 0.25) is 0 Å². The van der Waals surface area contributed by atoms with Gasteiger partial charge in [0.25, 0.3) is 0 Å². The maximum absolute atomic E-state index is 5.65. The summed E-state index contributed by atoms with van der Waals surface area (Å²) in [5, 5.41) is 3.32. The van der Waals surface area contributed by atoms with Crippen molar-refractivity contribution in [2.45, 2.75) is 40.2 Å². The van der Waals surface area contributed by atoms with E-state index in [0.717, 1.165) is 42.5 Å². The lowest BCUT2D eigenvalue weighted by atomic mass is 10.1. The van der Waals surface area contributed by atoms with Crippen molar-refractivity contribution in [1.82, 2.24) is 9.97 Å². The first kappa shape index (κ1) is 15.4. The lowest BCUT2D eigenvalue weighted by Gasteiger charge is -2.21. The van der Waals surface area contributed by atoms with Gasteiger partial charge >= 0.3 is 0 Å². The van der Waals surface area contributed by atoms with Gasteiger partial charge in [-0.2, -0.15) is 0 Å². The van der Waals surface area contributed by atoms with Gasteiger partial charge in [-0.1, -0.05) is 13.3 Å². The molecule has 0 amide bonds. The summed E-state index contributed by atoms with van der Waals surface area (Å²) in [5.41, 5.74) is 1.17. The summed E-state index contributed by atoms with van der Waals surface area (Å²) in [4.78, 5) is 11.0. The molecule has 2 aromatic heterocycles. The molecule has 0 saturated carbocycles. The molecular weight excluding hydrogens is 264 g/mol. The molecule has 0 bridgehead atoms. The second kappa shape index (κ2) is 7.11. The number of furan rings is 1. The van der Waals surface area contributed by atoms with Crippen LogP contribution in [0.3, 0.4) is 0 Å². The van der Waals surface area contributed by atoms with Crippen LogP contribution in [0.5, 0.6) is 0 Å². The molecule has 1 N–H and O–H groups in total.